The topological polar surface area (TPSA) is 9.23 Å². The molecule has 144 valence electrons. The first-order chi connectivity index (χ1) is 13.8. The van der Waals surface area contributed by atoms with Gasteiger partial charge in [0.25, 0.3) is 0 Å². The Labute approximate surface area is 170 Å². The molecule has 0 N–H and O–H groups in total. The average molecular weight is 389 g/mol. The highest BCUT2D eigenvalue weighted by atomic mass is 31.2. The summed E-state index contributed by atoms with van der Waals surface area (Å²) in [5, 5.41) is 4.50. The maximum atomic E-state index is 5.63. The molecule has 0 saturated heterocycles. The SMILES string of the molecule is COC1CCC(C[P+](c2ccccc2)(c2ccccc2)c2ccccc2)CC1. The smallest absolute Gasteiger partial charge is 0.112 e. The molecule has 0 aromatic heterocycles. The van der Waals surface area contributed by atoms with Crippen LogP contribution in [0.2, 0.25) is 0 Å². The maximum absolute atomic E-state index is 5.63. The average Bonchev–Trinajstić information content (AvgIpc) is 2.80. The van der Waals surface area contributed by atoms with Gasteiger partial charge in [-0.15, -0.1) is 0 Å². The van der Waals surface area contributed by atoms with E-state index in [9.17, 15) is 0 Å². The molecule has 0 heterocycles. The zero-order valence-corrected chi connectivity index (χ0v) is 17.6. The second kappa shape index (κ2) is 9.03. The van der Waals surface area contributed by atoms with Crippen molar-refractivity contribution >= 4 is 23.2 Å². The molecule has 28 heavy (non-hydrogen) atoms. The molecule has 0 aliphatic heterocycles. The highest BCUT2D eigenvalue weighted by Crippen LogP contribution is 2.57. The van der Waals surface area contributed by atoms with E-state index in [-0.39, 0.29) is 0 Å². The van der Waals surface area contributed by atoms with Gasteiger partial charge in [0, 0.05) is 7.11 Å². The van der Waals surface area contributed by atoms with Crippen molar-refractivity contribution in [1.82, 2.24) is 0 Å². The number of methoxy groups -OCH3 is 1. The molecular weight excluding hydrogens is 359 g/mol. The summed E-state index contributed by atoms with van der Waals surface area (Å²) in [7, 11) is 0.171. The molecule has 4 rings (SSSR count). The molecule has 3 aromatic rings. The first-order valence-corrected chi connectivity index (χ1v) is 12.4. The number of hydrogen-bond donors (Lipinski definition) is 0. The Balaban J connectivity index is 1.82. The number of rotatable bonds is 6. The molecule has 0 spiro atoms. The lowest BCUT2D eigenvalue weighted by molar-refractivity contribution is 0.0598. The Kier molecular flexibility index (Phi) is 6.25. The van der Waals surface area contributed by atoms with Crippen molar-refractivity contribution < 1.29 is 4.74 Å². The summed E-state index contributed by atoms with van der Waals surface area (Å²) < 4.78 is 5.63. The van der Waals surface area contributed by atoms with Crippen LogP contribution in [0.3, 0.4) is 0 Å². The van der Waals surface area contributed by atoms with Crippen LogP contribution in [-0.4, -0.2) is 19.4 Å². The normalized spacial score (nSPS) is 20.0. The van der Waals surface area contributed by atoms with Gasteiger partial charge in [0.05, 0.1) is 12.3 Å². The summed E-state index contributed by atoms with van der Waals surface area (Å²) >= 11 is 0. The lowest BCUT2D eigenvalue weighted by Gasteiger charge is -2.34. The van der Waals surface area contributed by atoms with Crippen molar-refractivity contribution in [3.8, 4) is 0 Å². The van der Waals surface area contributed by atoms with E-state index in [1.54, 1.807) is 0 Å². The van der Waals surface area contributed by atoms with Gasteiger partial charge in [-0.05, 0) is 68.0 Å². The highest BCUT2D eigenvalue weighted by molar-refractivity contribution is 7.95. The van der Waals surface area contributed by atoms with Crippen LogP contribution in [0.25, 0.3) is 0 Å². The summed E-state index contributed by atoms with van der Waals surface area (Å²) in [5.74, 6) is 0.750. The predicted molar refractivity (Wildman–Crippen MR) is 123 cm³/mol. The van der Waals surface area contributed by atoms with Crippen molar-refractivity contribution in [2.24, 2.45) is 5.92 Å². The molecule has 0 atom stereocenters. The van der Waals surface area contributed by atoms with E-state index in [1.807, 2.05) is 7.11 Å². The lowest BCUT2D eigenvalue weighted by Crippen LogP contribution is -2.36. The van der Waals surface area contributed by atoms with Gasteiger partial charge in [-0.3, -0.25) is 0 Å². The van der Waals surface area contributed by atoms with Crippen molar-refractivity contribution in [1.29, 1.82) is 0 Å². The zero-order chi connectivity index (χ0) is 19.2. The fourth-order valence-corrected chi connectivity index (χ4v) is 9.46. The minimum absolute atomic E-state index is 0.453. The van der Waals surface area contributed by atoms with Crippen molar-refractivity contribution in [3.63, 3.8) is 0 Å². The Bertz CT molecular complexity index is 743. The van der Waals surface area contributed by atoms with E-state index >= 15 is 0 Å². The van der Waals surface area contributed by atoms with Crippen LogP contribution in [0, 0.1) is 5.92 Å². The number of hydrogen-bond acceptors (Lipinski definition) is 1. The lowest BCUT2D eigenvalue weighted by atomic mass is 9.89. The molecule has 0 bridgehead atoms. The molecule has 0 unspecified atom stereocenters. The third-order valence-corrected chi connectivity index (χ3v) is 10.9. The van der Waals surface area contributed by atoms with Crippen LogP contribution in [-0.2, 0) is 4.74 Å². The largest absolute Gasteiger partial charge is 0.381 e. The Morgan fingerprint density at radius 3 is 1.39 bits per heavy atom. The summed E-state index contributed by atoms with van der Waals surface area (Å²) in [4.78, 5) is 0. The quantitative estimate of drug-likeness (QED) is 0.528. The summed E-state index contributed by atoms with van der Waals surface area (Å²) in [6.45, 7) is 0. The first-order valence-electron chi connectivity index (χ1n) is 10.4. The molecular formula is C26H30OP+. The second-order valence-corrected chi connectivity index (χ2v) is 11.4. The Morgan fingerprint density at radius 2 is 1.04 bits per heavy atom. The van der Waals surface area contributed by atoms with Gasteiger partial charge in [-0.1, -0.05) is 54.6 Å². The fraction of sp³-hybridized carbons (Fsp3) is 0.308. The van der Waals surface area contributed by atoms with Crippen LogP contribution in [0.1, 0.15) is 25.7 Å². The molecule has 1 nitrogen and oxygen atoms in total. The van der Waals surface area contributed by atoms with Crippen LogP contribution in [0.4, 0.5) is 0 Å². The molecule has 1 saturated carbocycles. The standard InChI is InChI=1S/C26H30OP/c1-27-23-19-17-22(18-20-23)21-28(24-11-5-2-6-12-24,25-13-7-3-8-14-25)26-15-9-4-10-16-26/h2-16,22-23H,17-21H2,1H3/q+1. The van der Waals surface area contributed by atoms with E-state index in [0.29, 0.717) is 6.10 Å². The van der Waals surface area contributed by atoms with Crippen molar-refractivity contribution in [2.75, 3.05) is 13.3 Å². The van der Waals surface area contributed by atoms with Gasteiger partial charge in [-0.2, -0.15) is 0 Å². The van der Waals surface area contributed by atoms with Crippen LogP contribution in [0.15, 0.2) is 91.0 Å². The molecule has 0 amide bonds. The minimum Gasteiger partial charge on any atom is -0.381 e. The highest BCUT2D eigenvalue weighted by Gasteiger charge is 2.47. The van der Waals surface area contributed by atoms with Gasteiger partial charge in [-0.25, -0.2) is 0 Å². The Morgan fingerprint density at radius 1 is 0.643 bits per heavy atom. The monoisotopic (exact) mass is 389 g/mol. The van der Waals surface area contributed by atoms with E-state index in [0.717, 1.165) is 5.92 Å². The van der Waals surface area contributed by atoms with E-state index in [4.69, 9.17) is 4.74 Å². The van der Waals surface area contributed by atoms with E-state index in [2.05, 4.69) is 91.0 Å². The van der Waals surface area contributed by atoms with Gasteiger partial charge < -0.3 is 4.74 Å². The van der Waals surface area contributed by atoms with Gasteiger partial charge >= 0.3 is 0 Å². The van der Waals surface area contributed by atoms with Gasteiger partial charge in [0.15, 0.2) is 0 Å². The molecule has 2 heteroatoms. The molecule has 1 aliphatic carbocycles. The predicted octanol–water partition coefficient (Wildman–Crippen LogP) is 5.19. The van der Waals surface area contributed by atoms with Crippen LogP contribution >= 0.6 is 7.26 Å². The summed E-state index contributed by atoms with van der Waals surface area (Å²) in [6, 6.07) is 33.8. The third kappa shape index (κ3) is 3.93. The number of benzene rings is 3. The van der Waals surface area contributed by atoms with Crippen LogP contribution < -0.4 is 15.9 Å². The second-order valence-electron chi connectivity index (χ2n) is 7.88. The van der Waals surface area contributed by atoms with Gasteiger partial charge in [0.2, 0.25) is 0 Å². The minimum atomic E-state index is -1.69. The van der Waals surface area contributed by atoms with E-state index < -0.39 is 7.26 Å². The summed E-state index contributed by atoms with van der Waals surface area (Å²) in [6.07, 6.45) is 6.63. The zero-order valence-electron chi connectivity index (χ0n) is 16.7. The molecule has 0 radical (unpaired) electrons. The van der Waals surface area contributed by atoms with Gasteiger partial charge in [0.1, 0.15) is 23.2 Å². The molecule has 3 aromatic carbocycles. The third-order valence-electron chi connectivity index (χ3n) is 6.25. The number of ether oxygens (including phenoxy) is 1. The fourth-order valence-electron chi connectivity index (χ4n) is 4.75. The van der Waals surface area contributed by atoms with E-state index in [1.165, 1.54) is 47.8 Å². The summed E-state index contributed by atoms with van der Waals surface area (Å²) in [5.41, 5.74) is 0. The maximum Gasteiger partial charge on any atom is 0.112 e. The van der Waals surface area contributed by atoms with Crippen LogP contribution in [0.5, 0.6) is 0 Å². The Hall–Kier alpha value is -1.95. The first kappa shape index (κ1) is 19.4. The molecule has 1 fully saturated rings. The van der Waals surface area contributed by atoms with Crippen molar-refractivity contribution in [3.05, 3.63) is 91.0 Å². The van der Waals surface area contributed by atoms with Crippen molar-refractivity contribution in [2.45, 2.75) is 31.8 Å². The molecule has 1 aliphatic rings.